The lowest BCUT2D eigenvalue weighted by Crippen LogP contribution is -2.28. The van der Waals surface area contributed by atoms with Crippen molar-refractivity contribution < 1.29 is 16.8 Å². The van der Waals surface area contributed by atoms with Gasteiger partial charge in [-0.1, -0.05) is 36.4 Å². The van der Waals surface area contributed by atoms with E-state index in [1.807, 2.05) is 18.2 Å². The molecule has 0 spiro atoms. The van der Waals surface area contributed by atoms with Crippen LogP contribution in [0.3, 0.4) is 0 Å². The van der Waals surface area contributed by atoms with Gasteiger partial charge in [-0.3, -0.25) is 0 Å². The molecule has 0 radical (unpaired) electrons. The molecule has 1 aromatic rings. The lowest BCUT2D eigenvalue weighted by Gasteiger charge is -2.22. The molecule has 0 unspecified atom stereocenters. The van der Waals surface area contributed by atoms with Gasteiger partial charge in [0.05, 0.1) is 12.2 Å². The van der Waals surface area contributed by atoms with Crippen LogP contribution >= 0.6 is 0 Å². The summed E-state index contributed by atoms with van der Waals surface area (Å²) in [6.45, 7) is 6.85. The molecule has 5 heteroatoms. The van der Waals surface area contributed by atoms with Crippen LogP contribution < -0.4 is 0 Å². The summed E-state index contributed by atoms with van der Waals surface area (Å²) in [6, 6.07) is 9.04. The quantitative estimate of drug-likeness (QED) is 0.715. The Balaban J connectivity index is 2.58. The molecule has 0 fully saturated rings. The molecule has 4 nitrogen and oxygen atoms in total. The molecule has 0 aliphatic carbocycles. The molecule has 1 rings (SSSR count). The highest BCUT2D eigenvalue weighted by molar-refractivity contribution is 7.81. The van der Waals surface area contributed by atoms with Crippen LogP contribution in [0.4, 0.5) is 0 Å². The summed E-state index contributed by atoms with van der Waals surface area (Å²) in [7, 11) is -4.01. The van der Waals surface area contributed by atoms with E-state index in [1.54, 1.807) is 32.1 Å². The standard InChI is InChI=1S/C13H18O4S/c1-4-10-13(2,3)17-18(14,15)16-11-12-8-6-5-7-9-12/h4-9H,1,10-11H2,2-3H3. The molecule has 0 N–H and O–H groups in total. The van der Waals surface area contributed by atoms with Crippen molar-refractivity contribution in [1.82, 2.24) is 0 Å². The highest BCUT2D eigenvalue weighted by Gasteiger charge is 2.26. The summed E-state index contributed by atoms with van der Waals surface area (Å²) in [6.07, 6.45) is 2.02. The van der Waals surface area contributed by atoms with Crippen molar-refractivity contribution in [3.8, 4) is 0 Å². The molecule has 0 aliphatic rings. The van der Waals surface area contributed by atoms with E-state index in [4.69, 9.17) is 8.37 Å². The average molecular weight is 270 g/mol. The summed E-state index contributed by atoms with van der Waals surface area (Å²) in [5, 5.41) is 0. The van der Waals surface area contributed by atoms with Gasteiger partial charge in [0.25, 0.3) is 0 Å². The number of rotatable bonds is 7. The highest BCUT2D eigenvalue weighted by atomic mass is 32.3. The molecule has 1 aromatic carbocycles. The molecule has 0 aromatic heterocycles. The Labute approximate surface area is 109 Å². The van der Waals surface area contributed by atoms with Crippen molar-refractivity contribution in [2.24, 2.45) is 0 Å². The van der Waals surface area contributed by atoms with Gasteiger partial charge in [0.1, 0.15) is 0 Å². The van der Waals surface area contributed by atoms with E-state index in [9.17, 15) is 8.42 Å². The van der Waals surface area contributed by atoms with Crippen molar-refractivity contribution in [2.45, 2.75) is 32.5 Å². The Morgan fingerprint density at radius 2 is 1.89 bits per heavy atom. The largest absolute Gasteiger partial charge is 0.400 e. The third kappa shape index (κ3) is 5.44. The van der Waals surface area contributed by atoms with Gasteiger partial charge in [0.2, 0.25) is 0 Å². The third-order valence-electron chi connectivity index (χ3n) is 2.18. The zero-order valence-electron chi connectivity index (χ0n) is 10.6. The van der Waals surface area contributed by atoms with Gasteiger partial charge in [0, 0.05) is 0 Å². The number of benzene rings is 1. The minimum Gasteiger partial charge on any atom is -0.243 e. The fourth-order valence-corrected chi connectivity index (χ4v) is 2.35. The maximum Gasteiger partial charge on any atom is 0.400 e. The molecule has 100 valence electrons. The predicted molar refractivity (Wildman–Crippen MR) is 70.1 cm³/mol. The second kappa shape index (κ2) is 6.13. The van der Waals surface area contributed by atoms with Crippen LogP contribution in [0.15, 0.2) is 43.0 Å². The topological polar surface area (TPSA) is 52.6 Å². The summed E-state index contributed by atoms with van der Waals surface area (Å²) >= 11 is 0. The molecule has 0 aliphatic heterocycles. The van der Waals surface area contributed by atoms with Gasteiger partial charge in [-0.05, 0) is 25.8 Å². The summed E-state index contributed by atoms with van der Waals surface area (Å²) in [4.78, 5) is 0. The highest BCUT2D eigenvalue weighted by Crippen LogP contribution is 2.19. The van der Waals surface area contributed by atoms with Gasteiger partial charge in [-0.25, -0.2) is 8.37 Å². The molecule has 0 saturated heterocycles. The number of hydrogen-bond donors (Lipinski definition) is 0. The normalized spacial score (nSPS) is 12.3. The Morgan fingerprint density at radius 3 is 2.44 bits per heavy atom. The van der Waals surface area contributed by atoms with Gasteiger partial charge < -0.3 is 0 Å². The maximum atomic E-state index is 11.6. The predicted octanol–water partition coefficient (Wildman–Crippen LogP) is 2.82. The first kappa shape index (κ1) is 14.9. The van der Waals surface area contributed by atoms with Crippen LogP contribution in [0, 0.1) is 0 Å². The second-order valence-electron chi connectivity index (χ2n) is 4.49. The van der Waals surface area contributed by atoms with Crippen molar-refractivity contribution in [3.63, 3.8) is 0 Å². The van der Waals surface area contributed by atoms with Gasteiger partial charge in [-0.2, -0.15) is 8.42 Å². The molecule has 0 heterocycles. The van der Waals surface area contributed by atoms with Crippen LogP contribution in [0.1, 0.15) is 25.8 Å². The maximum absolute atomic E-state index is 11.6. The van der Waals surface area contributed by atoms with Gasteiger partial charge in [-0.15, -0.1) is 6.58 Å². The van der Waals surface area contributed by atoms with Gasteiger partial charge in [0.15, 0.2) is 0 Å². The monoisotopic (exact) mass is 270 g/mol. The first-order valence-corrected chi connectivity index (χ1v) is 6.93. The smallest absolute Gasteiger partial charge is 0.243 e. The van der Waals surface area contributed by atoms with Crippen molar-refractivity contribution in [3.05, 3.63) is 48.6 Å². The van der Waals surface area contributed by atoms with Crippen molar-refractivity contribution >= 4 is 10.4 Å². The zero-order valence-corrected chi connectivity index (χ0v) is 11.4. The van der Waals surface area contributed by atoms with E-state index in [2.05, 4.69) is 6.58 Å². The first-order chi connectivity index (χ1) is 8.35. The lowest BCUT2D eigenvalue weighted by atomic mass is 10.1. The van der Waals surface area contributed by atoms with Crippen LogP contribution in [-0.4, -0.2) is 14.0 Å². The molecular weight excluding hydrogens is 252 g/mol. The average Bonchev–Trinajstić information content (AvgIpc) is 2.26. The van der Waals surface area contributed by atoms with Crippen LogP contribution in [0.25, 0.3) is 0 Å². The molecule has 0 saturated carbocycles. The Kier molecular flexibility index (Phi) is 5.07. The van der Waals surface area contributed by atoms with E-state index in [1.165, 1.54) is 0 Å². The van der Waals surface area contributed by atoms with E-state index in [0.717, 1.165) is 5.56 Å². The van der Waals surface area contributed by atoms with Crippen LogP contribution in [0.2, 0.25) is 0 Å². The van der Waals surface area contributed by atoms with Crippen molar-refractivity contribution in [1.29, 1.82) is 0 Å². The van der Waals surface area contributed by atoms with E-state index in [-0.39, 0.29) is 6.61 Å². The molecule has 18 heavy (non-hydrogen) atoms. The summed E-state index contributed by atoms with van der Waals surface area (Å²) < 4.78 is 33.0. The lowest BCUT2D eigenvalue weighted by molar-refractivity contribution is 0.0872. The van der Waals surface area contributed by atoms with Crippen LogP contribution in [-0.2, 0) is 25.4 Å². The number of hydrogen-bond acceptors (Lipinski definition) is 4. The summed E-state index contributed by atoms with van der Waals surface area (Å²) in [5.41, 5.74) is -0.0803. The molecular formula is C13H18O4S. The second-order valence-corrected chi connectivity index (χ2v) is 5.71. The minimum absolute atomic E-state index is 0.0344. The summed E-state index contributed by atoms with van der Waals surface area (Å²) in [5.74, 6) is 0. The Bertz CT molecular complexity index is 477. The van der Waals surface area contributed by atoms with Crippen molar-refractivity contribution in [2.75, 3.05) is 0 Å². The van der Waals surface area contributed by atoms with E-state index >= 15 is 0 Å². The fraction of sp³-hybridized carbons (Fsp3) is 0.385. The van der Waals surface area contributed by atoms with E-state index in [0.29, 0.717) is 6.42 Å². The SMILES string of the molecule is C=CCC(C)(C)OS(=O)(=O)OCc1ccccc1. The zero-order chi connectivity index (χ0) is 13.6. The Morgan fingerprint density at radius 1 is 1.28 bits per heavy atom. The van der Waals surface area contributed by atoms with Crippen LogP contribution in [0.5, 0.6) is 0 Å². The minimum atomic E-state index is -4.01. The molecule has 0 atom stereocenters. The molecule has 0 amide bonds. The Hall–Kier alpha value is -1.17. The third-order valence-corrected chi connectivity index (χ3v) is 3.24. The van der Waals surface area contributed by atoms with E-state index < -0.39 is 16.0 Å². The first-order valence-electron chi connectivity index (χ1n) is 5.59. The van der Waals surface area contributed by atoms with Gasteiger partial charge >= 0.3 is 10.4 Å². The fourth-order valence-electron chi connectivity index (χ4n) is 1.40. The molecule has 0 bridgehead atoms.